The molecular formula is C26H22F3NO4. The van der Waals surface area contributed by atoms with Gasteiger partial charge in [-0.1, -0.05) is 66.7 Å². The molecule has 0 amide bonds. The van der Waals surface area contributed by atoms with Crippen molar-refractivity contribution in [2.24, 2.45) is 11.7 Å². The van der Waals surface area contributed by atoms with E-state index in [0.29, 0.717) is 0 Å². The first-order valence-corrected chi connectivity index (χ1v) is 10.7. The summed E-state index contributed by atoms with van der Waals surface area (Å²) in [6, 6.07) is 18.6. The summed E-state index contributed by atoms with van der Waals surface area (Å²) in [6.45, 7) is -0.0765. The zero-order valence-electron chi connectivity index (χ0n) is 18.0. The van der Waals surface area contributed by atoms with Crippen molar-refractivity contribution in [2.75, 3.05) is 6.61 Å². The molecule has 1 unspecified atom stereocenters. The van der Waals surface area contributed by atoms with Gasteiger partial charge in [-0.3, -0.25) is 9.59 Å². The third kappa shape index (κ3) is 4.68. The van der Waals surface area contributed by atoms with Crippen molar-refractivity contribution in [2.45, 2.75) is 24.6 Å². The second-order valence-electron chi connectivity index (χ2n) is 8.24. The number of esters is 1. The first-order valence-electron chi connectivity index (χ1n) is 10.7. The van der Waals surface area contributed by atoms with Crippen molar-refractivity contribution < 1.29 is 32.6 Å². The van der Waals surface area contributed by atoms with E-state index in [1.807, 2.05) is 48.5 Å². The Labute approximate surface area is 194 Å². The third-order valence-electron chi connectivity index (χ3n) is 6.03. The first kappa shape index (κ1) is 23.5. The molecule has 0 saturated heterocycles. The molecule has 5 nitrogen and oxygen atoms in total. The summed E-state index contributed by atoms with van der Waals surface area (Å²) < 4.78 is 44.4. The fourth-order valence-electron chi connectivity index (χ4n) is 4.42. The van der Waals surface area contributed by atoms with Gasteiger partial charge in [-0.25, -0.2) is 0 Å². The van der Waals surface area contributed by atoms with Crippen LogP contribution in [0.3, 0.4) is 0 Å². The van der Waals surface area contributed by atoms with Crippen LogP contribution in [0.4, 0.5) is 13.2 Å². The molecule has 3 aromatic rings. The van der Waals surface area contributed by atoms with Gasteiger partial charge >= 0.3 is 18.1 Å². The summed E-state index contributed by atoms with van der Waals surface area (Å²) >= 11 is 0. The lowest BCUT2D eigenvalue weighted by Crippen LogP contribution is -2.43. The van der Waals surface area contributed by atoms with Gasteiger partial charge in [0.25, 0.3) is 0 Å². The number of carboxylic acid groups (broad SMARTS) is 1. The Hall–Kier alpha value is -3.65. The Morgan fingerprint density at radius 2 is 1.53 bits per heavy atom. The largest absolute Gasteiger partial charge is 0.481 e. The van der Waals surface area contributed by atoms with Crippen molar-refractivity contribution in [3.63, 3.8) is 0 Å². The maximum absolute atomic E-state index is 13.0. The lowest BCUT2D eigenvalue weighted by atomic mass is 9.93. The Bertz CT molecular complexity index is 1180. The van der Waals surface area contributed by atoms with Crippen molar-refractivity contribution in [3.8, 4) is 11.1 Å². The van der Waals surface area contributed by atoms with Gasteiger partial charge in [0.2, 0.25) is 0 Å². The Morgan fingerprint density at radius 1 is 0.941 bits per heavy atom. The Balaban J connectivity index is 1.49. The Morgan fingerprint density at radius 3 is 2.09 bits per heavy atom. The van der Waals surface area contributed by atoms with Crippen LogP contribution in [0.25, 0.3) is 11.1 Å². The lowest BCUT2D eigenvalue weighted by molar-refractivity contribution is -0.159. The highest BCUT2D eigenvalue weighted by Gasteiger charge is 2.37. The average Bonchev–Trinajstić information content (AvgIpc) is 3.11. The van der Waals surface area contributed by atoms with E-state index in [2.05, 4.69) is 0 Å². The molecule has 0 heterocycles. The van der Waals surface area contributed by atoms with E-state index in [-0.39, 0.29) is 24.5 Å². The van der Waals surface area contributed by atoms with Gasteiger partial charge in [-0.05, 0) is 40.3 Å². The zero-order valence-corrected chi connectivity index (χ0v) is 18.0. The standard InChI is InChI=1S/C26H22F3NO4/c27-26(28,29)16-7-5-6-15(12-16)13-22(30)23(24(31)32)25(33)34-14-21-19-10-3-1-8-17(19)18-9-2-4-11-20(18)21/h1-12,21-23H,13-14,30H2,(H,31,32)/t22?,23-/m1/s1. The molecular weight excluding hydrogens is 447 g/mol. The van der Waals surface area contributed by atoms with Gasteiger partial charge in [0, 0.05) is 12.0 Å². The zero-order chi connectivity index (χ0) is 24.5. The van der Waals surface area contributed by atoms with Gasteiger partial charge in [-0.15, -0.1) is 0 Å². The molecule has 0 spiro atoms. The van der Waals surface area contributed by atoms with E-state index in [1.165, 1.54) is 12.1 Å². The number of rotatable bonds is 7. The molecule has 1 aliphatic rings. The second kappa shape index (κ2) is 9.30. The molecule has 176 valence electrons. The van der Waals surface area contributed by atoms with Crippen LogP contribution in [0.1, 0.15) is 28.2 Å². The van der Waals surface area contributed by atoms with Crippen molar-refractivity contribution in [3.05, 3.63) is 95.1 Å². The number of carbonyl (C=O) groups is 2. The topological polar surface area (TPSA) is 89.6 Å². The second-order valence-corrected chi connectivity index (χ2v) is 8.24. The summed E-state index contributed by atoms with van der Waals surface area (Å²) in [4.78, 5) is 24.6. The van der Waals surface area contributed by atoms with Gasteiger partial charge in [0.15, 0.2) is 5.92 Å². The number of carboxylic acids is 1. The first-order chi connectivity index (χ1) is 16.2. The normalized spacial score (nSPS) is 14.7. The van der Waals surface area contributed by atoms with Crippen LogP contribution in [0, 0.1) is 5.92 Å². The lowest BCUT2D eigenvalue weighted by Gasteiger charge is -2.21. The van der Waals surface area contributed by atoms with E-state index in [4.69, 9.17) is 10.5 Å². The SMILES string of the molecule is NC(Cc1cccc(C(F)(F)F)c1)[C@H](C(=O)O)C(=O)OCC1c2ccccc2-c2ccccc21. The number of alkyl halides is 3. The minimum absolute atomic E-state index is 0.0765. The van der Waals surface area contributed by atoms with Gasteiger partial charge in [-0.2, -0.15) is 13.2 Å². The summed E-state index contributed by atoms with van der Waals surface area (Å²) in [5.41, 5.74) is 9.28. The van der Waals surface area contributed by atoms with Crippen molar-refractivity contribution in [1.29, 1.82) is 0 Å². The summed E-state index contributed by atoms with van der Waals surface area (Å²) in [5, 5.41) is 9.62. The number of hydrogen-bond acceptors (Lipinski definition) is 4. The molecule has 3 aromatic carbocycles. The summed E-state index contributed by atoms with van der Waals surface area (Å²) in [5.74, 6) is -4.49. The number of carbonyl (C=O) groups excluding carboxylic acids is 1. The van der Waals surface area contributed by atoms with Crippen LogP contribution in [-0.4, -0.2) is 29.7 Å². The minimum atomic E-state index is -4.54. The predicted octanol–water partition coefficient (Wildman–Crippen LogP) is 4.63. The molecule has 0 fully saturated rings. The van der Waals surface area contributed by atoms with Crippen LogP contribution in [0.15, 0.2) is 72.8 Å². The third-order valence-corrected chi connectivity index (χ3v) is 6.03. The molecule has 1 aliphatic carbocycles. The van der Waals surface area contributed by atoms with Crippen molar-refractivity contribution >= 4 is 11.9 Å². The van der Waals surface area contributed by atoms with E-state index in [0.717, 1.165) is 34.4 Å². The maximum Gasteiger partial charge on any atom is 0.416 e. The molecule has 4 rings (SSSR count). The Kier molecular flexibility index (Phi) is 6.43. The van der Waals surface area contributed by atoms with E-state index >= 15 is 0 Å². The van der Waals surface area contributed by atoms with E-state index < -0.39 is 35.6 Å². The number of ether oxygens (including phenoxy) is 1. The number of halogens is 3. The van der Waals surface area contributed by atoms with Crippen LogP contribution in [0.5, 0.6) is 0 Å². The highest BCUT2D eigenvalue weighted by Crippen LogP contribution is 2.44. The van der Waals surface area contributed by atoms with Crippen LogP contribution < -0.4 is 5.73 Å². The van der Waals surface area contributed by atoms with Crippen LogP contribution >= 0.6 is 0 Å². The monoisotopic (exact) mass is 469 g/mol. The molecule has 0 aromatic heterocycles. The van der Waals surface area contributed by atoms with Gasteiger partial charge in [0.05, 0.1) is 5.56 Å². The molecule has 3 N–H and O–H groups in total. The maximum atomic E-state index is 13.0. The molecule has 0 saturated carbocycles. The summed E-state index contributed by atoms with van der Waals surface area (Å²) in [6.07, 6.45) is -4.77. The number of aliphatic carboxylic acids is 1. The predicted molar refractivity (Wildman–Crippen MR) is 119 cm³/mol. The molecule has 0 radical (unpaired) electrons. The van der Waals surface area contributed by atoms with Crippen LogP contribution in [0.2, 0.25) is 0 Å². The highest BCUT2D eigenvalue weighted by molar-refractivity contribution is 5.95. The van der Waals surface area contributed by atoms with E-state index in [9.17, 15) is 27.9 Å². The quantitative estimate of drug-likeness (QED) is 0.389. The molecule has 2 atom stereocenters. The number of benzene rings is 3. The molecule has 0 aliphatic heterocycles. The van der Waals surface area contributed by atoms with Crippen LogP contribution in [-0.2, 0) is 26.9 Å². The number of nitrogens with two attached hydrogens (primary N) is 1. The minimum Gasteiger partial charge on any atom is -0.481 e. The molecule has 34 heavy (non-hydrogen) atoms. The van der Waals surface area contributed by atoms with Gasteiger partial charge < -0.3 is 15.6 Å². The van der Waals surface area contributed by atoms with Gasteiger partial charge in [0.1, 0.15) is 6.61 Å². The smallest absolute Gasteiger partial charge is 0.416 e. The fraction of sp³-hybridized carbons (Fsp3) is 0.231. The van der Waals surface area contributed by atoms with E-state index in [1.54, 1.807) is 0 Å². The number of fused-ring (bicyclic) bond motifs is 3. The molecule has 8 heteroatoms. The number of hydrogen-bond donors (Lipinski definition) is 2. The summed E-state index contributed by atoms with van der Waals surface area (Å²) in [7, 11) is 0. The molecule has 0 bridgehead atoms. The fourth-order valence-corrected chi connectivity index (χ4v) is 4.42. The highest BCUT2D eigenvalue weighted by atomic mass is 19.4. The average molecular weight is 469 g/mol. The van der Waals surface area contributed by atoms with Crippen molar-refractivity contribution in [1.82, 2.24) is 0 Å².